The molecule has 0 heterocycles. The number of rotatable bonds is 7. The summed E-state index contributed by atoms with van der Waals surface area (Å²) in [6, 6.07) is 9.73. The van der Waals surface area contributed by atoms with Gasteiger partial charge in [-0.25, -0.2) is 0 Å². The highest BCUT2D eigenvalue weighted by Crippen LogP contribution is 2.27. The standard InChI is InChI=1S/C15H21BO3/c1-11(9-18-3)10-19-15(17)14(16)12(2)13-7-5-4-6-8-13/h4-8,11-12,14H,9-10H2,1-3H3. The van der Waals surface area contributed by atoms with E-state index in [9.17, 15) is 4.79 Å². The molecule has 0 aliphatic heterocycles. The molecule has 2 radical (unpaired) electrons. The van der Waals surface area contributed by atoms with Crippen LogP contribution in [0.1, 0.15) is 25.3 Å². The van der Waals surface area contributed by atoms with E-state index in [1.54, 1.807) is 7.11 Å². The Bertz CT molecular complexity index is 380. The SMILES string of the molecule is [B]C(C(=O)OCC(C)COC)C(C)c1ccccc1. The molecule has 3 unspecified atom stereocenters. The van der Waals surface area contributed by atoms with Crippen molar-refractivity contribution in [2.45, 2.75) is 25.6 Å². The summed E-state index contributed by atoms with van der Waals surface area (Å²) < 4.78 is 10.2. The van der Waals surface area contributed by atoms with E-state index in [4.69, 9.17) is 17.3 Å². The molecule has 1 aromatic rings. The molecule has 3 nitrogen and oxygen atoms in total. The summed E-state index contributed by atoms with van der Waals surface area (Å²) in [6.45, 7) is 4.79. The lowest BCUT2D eigenvalue weighted by molar-refractivity contribution is -0.145. The third kappa shape index (κ3) is 5.07. The molecule has 19 heavy (non-hydrogen) atoms. The van der Waals surface area contributed by atoms with Crippen LogP contribution in [0.5, 0.6) is 0 Å². The summed E-state index contributed by atoms with van der Waals surface area (Å²) >= 11 is 0. The van der Waals surface area contributed by atoms with Gasteiger partial charge >= 0.3 is 5.97 Å². The van der Waals surface area contributed by atoms with Crippen molar-refractivity contribution in [1.82, 2.24) is 0 Å². The van der Waals surface area contributed by atoms with Crippen molar-refractivity contribution in [2.75, 3.05) is 20.3 Å². The molecule has 0 bridgehead atoms. The van der Waals surface area contributed by atoms with Crippen molar-refractivity contribution in [2.24, 2.45) is 5.92 Å². The second-order valence-electron chi connectivity index (χ2n) is 4.92. The number of hydrogen-bond donors (Lipinski definition) is 0. The number of benzene rings is 1. The van der Waals surface area contributed by atoms with E-state index in [2.05, 4.69) is 0 Å². The van der Waals surface area contributed by atoms with Crippen LogP contribution in [0.15, 0.2) is 30.3 Å². The van der Waals surface area contributed by atoms with Crippen molar-refractivity contribution in [1.29, 1.82) is 0 Å². The van der Waals surface area contributed by atoms with E-state index in [-0.39, 0.29) is 17.8 Å². The number of hydrogen-bond acceptors (Lipinski definition) is 3. The van der Waals surface area contributed by atoms with E-state index in [0.29, 0.717) is 13.2 Å². The van der Waals surface area contributed by atoms with Gasteiger partial charge in [0.05, 0.1) is 21.1 Å². The minimum absolute atomic E-state index is 0.0635. The molecule has 1 aromatic carbocycles. The van der Waals surface area contributed by atoms with Crippen LogP contribution < -0.4 is 0 Å². The Labute approximate surface area is 116 Å². The number of methoxy groups -OCH3 is 1. The smallest absolute Gasteiger partial charge is 0.300 e. The van der Waals surface area contributed by atoms with Gasteiger partial charge in [-0.15, -0.1) is 0 Å². The molecule has 0 amide bonds. The highest BCUT2D eigenvalue weighted by Gasteiger charge is 2.22. The fourth-order valence-electron chi connectivity index (χ4n) is 1.82. The van der Waals surface area contributed by atoms with Crippen LogP contribution in [0.4, 0.5) is 0 Å². The van der Waals surface area contributed by atoms with Crippen molar-refractivity contribution in [3.63, 3.8) is 0 Å². The third-order valence-electron chi connectivity index (χ3n) is 3.10. The Hall–Kier alpha value is -1.29. The molecule has 0 aliphatic rings. The summed E-state index contributed by atoms with van der Waals surface area (Å²) in [7, 11) is 7.57. The van der Waals surface area contributed by atoms with Crippen LogP contribution in [0, 0.1) is 5.92 Å². The van der Waals surface area contributed by atoms with Crippen LogP contribution in [-0.4, -0.2) is 34.1 Å². The van der Waals surface area contributed by atoms with Gasteiger partial charge in [0.1, 0.15) is 0 Å². The molecule has 0 aliphatic carbocycles. The molecule has 0 fully saturated rings. The van der Waals surface area contributed by atoms with Crippen molar-refractivity contribution < 1.29 is 14.3 Å². The first-order chi connectivity index (χ1) is 9.06. The summed E-state index contributed by atoms with van der Waals surface area (Å²) in [6.07, 6.45) is 0. The molecule has 0 aromatic heterocycles. The van der Waals surface area contributed by atoms with Crippen molar-refractivity contribution >= 4 is 13.8 Å². The lowest BCUT2D eigenvalue weighted by atomic mass is 9.74. The molecular formula is C15H21BO3. The summed E-state index contributed by atoms with van der Waals surface area (Å²) in [5.74, 6) is -0.893. The summed E-state index contributed by atoms with van der Waals surface area (Å²) in [5, 5.41) is 0. The lowest BCUT2D eigenvalue weighted by Crippen LogP contribution is -2.22. The Morgan fingerprint density at radius 3 is 2.42 bits per heavy atom. The van der Waals surface area contributed by atoms with Crippen molar-refractivity contribution in [3.8, 4) is 0 Å². The molecule has 102 valence electrons. The predicted molar refractivity (Wildman–Crippen MR) is 76.4 cm³/mol. The average Bonchev–Trinajstić information content (AvgIpc) is 2.44. The maximum Gasteiger partial charge on any atom is 0.300 e. The van der Waals surface area contributed by atoms with Gasteiger partial charge in [-0.2, -0.15) is 0 Å². The van der Waals surface area contributed by atoms with E-state index < -0.39 is 5.82 Å². The molecule has 1 rings (SSSR count). The number of ether oxygens (including phenoxy) is 2. The van der Waals surface area contributed by atoms with Crippen LogP contribution in [0.2, 0.25) is 5.82 Å². The normalized spacial score (nSPS) is 15.5. The molecular weight excluding hydrogens is 239 g/mol. The zero-order valence-electron chi connectivity index (χ0n) is 11.8. The van der Waals surface area contributed by atoms with Gasteiger partial charge in [-0.3, -0.25) is 4.79 Å². The third-order valence-corrected chi connectivity index (χ3v) is 3.10. The zero-order chi connectivity index (χ0) is 14.3. The Kier molecular flexibility index (Phi) is 6.64. The Morgan fingerprint density at radius 1 is 1.21 bits per heavy atom. The minimum Gasteiger partial charge on any atom is -0.466 e. The zero-order valence-corrected chi connectivity index (χ0v) is 11.8. The average molecular weight is 260 g/mol. The van der Waals surface area contributed by atoms with E-state index in [0.717, 1.165) is 5.56 Å². The van der Waals surface area contributed by atoms with Gasteiger partial charge in [0, 0.05) is 18.8 Å². The van der Waals surface area contributed by atoms with E-state index >= 15 is 0 Å². The van der Waals surface area contributed by atoms with Crippen LogP contribution in [0.25, 0.3) is 0 Å². The summed E-state index contributed by atoms with van der Waals surface area (Å²) in [4.78, 5) is 11.9. The van der Waals surface area contributed by atoms with Gasteiger partial charge in [-0.1, -0.05) is 44.2 Å². The number of carbonyl (C=O) groups is 1. The highest BCUT2D eigenvalue weighted by molar-refractivity contribution is 6.23. The molecule has 3 atom stereocenters. The first kappa shape index (κ1) is 15.8. The second-order valence-corrected chi connectivity index (χ2v) is 4.92. The van der Waals surface area contributed by atoms with Gasteiger partial charge in [0.25, 0.3) is 0 Å². The highest BCUT2D eigenvalue weighted by atomic mass is 16.5. The quantitative estimate of drug-likeness (QED) is 0.558. The Morgan fingerprint density at radius 2 is 1.84 bits per heavy atom. The molecule has 4 heteroatoms. The van der Waals surface area contributed by atoms with Gasteiger partial charge in [-0.05, 0) is 11.5 Å². The maximum atomic E-state index is 11.9. The van der Waals surface area contributed by atoms with Gasteiger partial charge in [0.15, 0.2) is 0 Å². The fourth-order valence-corrected chi connectivity index (χ4v) is 1.82. The minimum atomic E-state index is -0.642. The topological polar surface area (TPSA) is 35.5 Å². The van der Waals surface area contributed by atoms with Gasteiger partial charge in [0.2, 0.25) is 0 Å². The first-order valence-electron chi connectivity index (χ1n) is 6.52. The van der Waals surface area contributed by atoms with Crippen LogP contribution in [-0.2, 0) is 14.3 Å². The van der Waals surface area contributed by atoms with Crippen molar-refractivity contribution in [3.05, 3.63) is 35.9 Å². The monoisotopic (exact) mass is 260 g/mol. The summed E-state index contributed by atoms with van der Waals surface area (Å²) in [5.41, 5.74) is 1.04. The Balaban J connectivity index is 2.48. The largest absolute Gasteiger partial charge is 0.466 e. The lowest BCUT2D eigenvalue weighted by Gasteiger charge is -2.20. The number of esters is 1. The van der Waals surface area contributed by atoms with E-state index in [1.165, 1.54) is 0 Å². The van der Waals surface area contributed by atoms with Crippen LogP contribution >= 0.6 is 0 Å². The molecule has 0 saturated heterocycles. The van der Waals surface area contributed by atoms with Crippen LogP contribution in [0.3, 0.4) is 0 Å². The molecule has 0 saturated carbocycles. The van der Waals surface area contributed by atoms with Gasteiger partial charge < -0.3 is 9.47 Å². The maximum absolute atomic E-state index is 11.9. The predicted octanol–water partition coefficient (Wildman–Crippen LogP) is 2.57. The molecule has 0 spiro atoms. The second kappa shape index (κ2) is 8.00. The molecule has 0 N–H and O–H groups in total. The first-order valence-corrected chi connectivity index (χ1v) is 6.52. The van der Waals surface area contributed by atoms with E-state index in [1.807, 2.05) is 44.2 Å². The fraction of sp³-hybridized carbons (Fsp3) is 0.533. The number of carbonyl (C=O) groups excluding carboxylic acids is 1.